The lowest BCUT2D eigenvalue weighted by Gasteiger charge is -2.26. The van der Waals surface area contributed by atoms with Crippen molar-refractivity contribution in [3.8, 4) is 0 Å². The molecule has 0 radical (unpaired) electrons. The average Bonchev–Trinajstić information content (AvgIpc) is 3.01. The fourth-order valence-electron chi connectivity index (χ4n) is 4.62. The predicted molar refractivity (Wildman–Crippen MR) is 129 cm³/mol. The van der Waals surface area contributed by atoms with E-state index in [4.69, 9.17) is 23.2 Å². The number of nitrogens with zero attached hydrogens (tertiary/aromatic N) is 1. The zero-order chi connectivity index (χ0) is 21.6. The largest absolute Gasteiger partial charge is 0.310 e. The van der Waals surface area contributed by atoms with Gasteiger partial charge in [0.2, 0.25) is 0 Å². The second kappa shape index (κ2) is 8.14. The molecule has 7 heteroatoms. The molecule has 0 fully saturated rings. The van der Waals surface area contributed by atoms with Crippen LogP contribution in [-0.4, -0.2) is 27.5 Å². The van der Waals surface area contributed by atoms with Gasteiger partial charge in [-0.3, -0.25) is 4.31 Å². The Morgan fingerprint density at radius 1 is 1.03 bits per heavy atom. The lowest BCUT2D eigenvalue weighted by atomic mass is 9.93. The van der Waals surface area contributed by atoms with Crippen molar-refractivity contribution >= 4 is 55.3 Å². The van der Waals surface area contributed by atoms with E-state index in [1.807, 2.05) is 12.1 Å². The van der Waals surface area contributed by atoms with Crippen LogP contribution in [0.2, 0.25) is 10.0 Å². The monoisotopic (exact) mass is 472 g/mol. The van der Waals surface area contributed by atoms with Crippen molar-refractivity contribution < 1.29 is 8.42 Å². The fourth-order valence-corrected chi connectivity index (χ4v) is 7.05. The van der Waals surface area contributed by atoms with Gasteiger partial charge >= 0.3 is 0 Å². The van der Waals surface area contributed by atoms with Crippen LogP contribution in [0.15, 0.2) is 65.6 Å². The Morgan fingerprint density at radius 2 is 1.84 bits per heavy atom. The van der Waals surface area contributed by atoms with Crippen molar-refractivity contribution in [2.75, 3.05) is 17.4 Å². The van der Waals surface area contributed by atoms with E-state index < -0.39 is 10.0 Å². The van der Waals surface area contributed by atoms with Crippen LogP contribution >= 0.6 is 23.2 Å². The Bertz CT molecular complexity index is 1290. The zero-order valence-corrected chi connectivity index (χ0v) is 19.1. The maximum Gasteiger partial charge on any atom is 0.265 e. The van der Waals surface area contributed by atoms with Gasteiger partial charge in [0.25, 0.3) is 10.0 Å². The van der Waals surface area contributed by atoms with Gasteiger partial charge in [-0.15, -0.1) is 0 Å². The number of rotatable bonds is 5. The molecule has 0 amide bonds. The van der Waals surface area contributed by atoms with Crippen molar-refractivity contribution in [2.45, 2.75) is 30.2 Å². The van der Waals surface area contributed by atoms with Crippen LogP contribution in [0.4, 0.5) is 5.69 Å². The molecular formula is C24H22Cl2N2O2S. The number of anilines is 1. The third-order valence-electron chi connectivity index (χ3n) is 6.10. The molecule has 1 unspecified atom stereocenters. The molecule has 0 spiro atoms. The van der Waals surface area contributed by atoms with Crippen LogP contribution in [-0.2, 0) is 10.0 Å². The first-order chi connectivity index (χ1) is 15.0. The summed E-state index contributed by atoms with van der Waals surface area (Å²) in [6, 6.07) is 17.6. The second-order valence-corrected chi connectivity index (χ2v) is 10.6. The van der Waals surface area contributed by atoms with Gasteiger partial charge < -0.3 is 5.32 Å². The normalized spacial score (nSPS) is 19.6. The molecule has 1 atom stereocenters. The van der Waals surface area contributed by atoms with Gasteiger partial charge in [0.15, 0.2) is 0 Å². The highest BCUT2D eigenvalue weighted by molar-refractivity contribution is 7.93. The summed E-state index contributed by atoms with van der Waals surface area (Å²) in [6.45, 7) is 1.21. The van der Waals surface area contributed by atoms with Gasteiger partial charge in [0, 0.05) is 29.9 Å². The van der Waals surface area contributed by atoms with Crippen LogP contribution in [0.25, 0.3) is 16.3 Å². The molecule has 2 aliphatic heterocycles. The summed E-state index contributed by atoms with van der Waals surface area (Å²) in [5.41, 5.74) is 3.15. The van der Waals surface area contributed by atoms with Gasteiger partial charge in [-0.1, -0.05) is 71.7 Å². The minimum atomic E-state index is -3.64. The Labute approximate surface area is 192 Å². The lowest BCUT2D eigenvalue weighted by molar-refractivity contribution is 0.487. The van der Waals surface area contributed by atoms with Crippen molar-refractivity contribution in [3.05, 3.63) is 76.3 Å². The van der Waals surface area contributed by atoms with E-state index in [1.54, 1.807) is 18.2 Å². The highest BCUT2D eigenvalue weighted by Gasteiger charge is 2.37. The average molecular weight is 473 g/mol. The first kappa shape index (κ1) is 20.8. The quantitative estimate of drug-likeness (QED) is 0.504. The molecule has 1 N–H and O–H groups in total. The van der Waals surface area contributed by atoms with E-state index in [2.05, 4.69) is 35.7 Å². The summed E-state index contributed by atoms with van der Waals surface area (Å²) >= 11 is 12.8. The van der Waals surface area contributed by atoms with Gasteiger partial charge in [0.05, 0.1) is 20.6 Å². The van der Waals surface area contributed by atoms with Gasteiger partial charge in [0.1, 0.15) is 0 Å². The second-order valence-electron chi connectivity index (χ2n) is 7.99. The molecular weight excluding hydrogens is 451 g/mol. The molecule has 0 bridgehead atoms. The molecule has 0 saturated carbocycles. The van der Waals surface area contributed by atoms with Crippen LogP contribution in [0.1, 0.15) is 24.8 Å². The number of hydrogen-bond acceptors (Lipinski definition) is 3. The SMILES string of the molecule is O=S1(=O)c2cccc3c(Cl)cc(Cl)c(c23)N1CCCC1CC(c2ccccc2)=CCN1. The van der Waals surface area contributed by atoms with Crippen molar-refractivity contribution in [3.63, 3.8) is 0 Å². The number of sulfonamides is 1. The summed E-state index contributed by atoms with van der Waals surface area (Å²) in [6.07, 6.45) is 4.77. The van der Waals surface area contributed by atoms with Crippen LogP contribution in [0.5, 0.6) is 0 Å². The van der Waals surface area contributed by atoms with E-state index in [0.29, 0.717) is 33.7 Å². The summed E-state index contributed by atoms with van der Waals surface area (Å²) in [5.74, 6) is 0. The van der Waals surface area contributed by atoms with Gasteiger partial charge in [-0.05, 0) is 42.5 Å². The van der Waals surface area contributed by atoms with Gasteiger partial charge in [-0.25, -0.2) is 8.42 Å². The molecule has 2 heterocycles. The Kier molecular flexibility index (Phi) is 5.47. The fraction of sp³-hybridized carbons (Fsp3) is 0.250. The van der Waals surface area contributed by atoms with E-state index in [0.717, 1.165) is 31.2 Å². The highest BCUT2D eigenvalue weighted by Crippen LogP contribution is 2.48. The Morgan fingerprint density at radius 3 is 2.65 bits per heavy atom. The molecule has 160 valence electrons. The molecule has 0 aliphatic carbocycles. The molecule has 31 heavy (non-hydrogen) atoms. The molecule has 3 aromatic rings. The molecule has 3 aromatic carbocycles. The van der Waals surface area contributed by atoms with E-state index in [-0.39, 0.29) is 4.90 Å². The molecule has 5 rings (SSSR count). The first-order valence-electron chi connectivity index (χ1n) is 10.4. The molecule has 2 aliphatic rings. The predicted octanol–water partition coefficient (Wildman–Crippen LogP) is 5.88. The zero-order valence-electron chi connectivity index (χ0n) is 16.8. The minimum absolute atomic E-state index is 0.287. The summed E-state index contributed by atoms with van der Waals surface area (Å²) in [7, 11) is -3.64. The first-order valence-corrected chi connectivity index (χ1v) is 12.6. The smallest absolute Gasteiger partial charge is 0.265 e. The Hall–Kier alpha value is -2.05. The third-order valence-corrected chi connectivity index (χ3v) is 8.54. The van der Waals surface area contributed by atoms with E-state index >= 15 is 0 Å². The van der Waals surface area contributed by atoms with Gasteiger partial charge in [-0.2, -0.15) is 0 Å². The molecule has 4 nitrogen and oxygen atoms in total. The third kappa shape index (κ3) is 3.64. The van der Waals surface area contributed by atoms with E-state index in [1.165, 1.54) is 15.4 Å². The van der Waals surface area contributed by atoms with Crippen LogP contribution in [0, 0.1) is 0 Å². The van der Waals surface area contributed by atoms with Crippen molar-refractivity contribution in [2.24, 2.45) is 0 Å². The number of nitrogens with one attached hydrogen (secondary N) is 1. The number of halogens is 2. The standard InChI is InChI=1S/C24H22Cl2N2O2S/c25-20-15-21(26)24-23-19(20)9-4-10-22(23)31(29,30)28(24)13-5-8-18-14-17(11-12-27-18)16-6-2-1-3-7-16/h1-4,6-7,9-11,15,18,27H,5,8,12-14H2. The highest BCUT2D eigenvalue weighted by atomic mass is 35.5. The summed E-state index contributed by atoms with van der Waals surface area (Å²) < 4.78 is 28.0. The lowest BCUT2D eigenvalue weighted by Crippen LogP contribution is -2.34. The maximum absolute atomic E-state index is 13.2. The molecule has 0 aromatic heterocycles. The van der Waals surface area contributed by atoms with Crippen LogP contribution in [0.3, 0.4) is 0 Å². The number of benzene rings is 3. The maximum atomic E-state index is 13.2. The topological polar surface area (TPSA) is 49.4 Å². The van der Waals surface area contributed by atoms with E-state index in [9.17, 15) is 8.42 Å². The van der Waals surface area contributed by atoms with Crippen LogP contribution < -0.4 is 9.62 Å². The molecule has 0 saturated heterocycles. The van der Waals surface area contributed by atoms with Crippen molar-refractivity contribution in [1.82, 2.24) is 5.32 Å². The Balaban J connectivity index is 1.33. The van der Waals surface area contributed by atoms with Crippen molar-refractivity contribution in [1.29, 1.82) is 0 Å². The minimum Gasteiger partial charge on any atom is -0.310 e. The number of hydrogen-bond donors (Lipinski definition) is 1. The summed E-state index contributed by atoms with van der Waals surface area (Å²) in [5, 5.41) is 5.72. The summed E-state index contributed by atoms with van der Waals surface area (Å²) in [4.78, 5) is 0.287.